The molecule has 16 heteroatoms. The van der Waals surface area contributed by atoms with E-state index in [1.165, 1.54) is 19.2 Å². The molecule has 298 valence electrons. The van der Waals surface area contributed by atoms with Crippen LogP contribution in [0.4, 0.5) is 25.4 Å². The van der Waals surface area contributed by atoms with Gasteiger partial charge >= 0.3 is 6.01 Å². The highest BCUT2D eigenvalue weighted by Crippen LogP contribution is 2.51. The van der Waals surface area contributed by atoms with Crippen molar-refractivity contribution >= 4 is 60.6 Å². The number of nitriles is 1. The molecule has 4 heterocycles. The van der Waals surface area contributed by atoms with E-state index in [1.54, 1.807) is 19.2 Å². The van der Waals surface area contributed by atoms with Crippen LogP contribution in [-0.2, 0) is 0 Å². The summed E-state index contributed by atoms with van der Waals surface area (Å²) in [7, 11) is 3.55. The molecule has 1 aliphatic heterocycles. The van der Waals surface area contributed by atoms with E-state index < -0.39 is 11.6 Å². The molecular formula is C39H52ClF2N9O3S. The normalized spacial score (nSPS) is 12.9. The van der Waals surface area contributed by atoms with Gasteiger partial charge < -0.3 is 41.6 Å². The van der Waals surface area contributed by atoms with E-state index in [0.717, 1.165) is 36.4 Å². The zero-order valence-corrected chi connectivity index (χ0v) is 34.3. The number of aromatic nitrogens is 3. The van der Waals surface area contributed by atoms with Gasteiger partial charge in [-0.3, -0.25) is 0 Å². The first kappa shape index (κ1) is 44.8. The van der Waals surface area contributed by atoms with Crippen LogP contribution < -0.4 is 31.6 Å². The minimum Gasteiger partial charge on any atom is -0.489 e. The number of nitrogens with zero attached hydrogens (tertiary/aromatic N) is 6. The van der Waals surface area contributed by atoms with Crippen molar-refractivity contribution in [1.29, 1.82) is 5.26 Å². The third kappa shape index (κ3) is 9.63. The second-order valence-electron chi connectivity index (χ2n) is 12.3. The predicted molar refractivity (Wildman–Crippen MR) is 221 cm³/mol. The van der Waals surface area contributed by atoms with Gasteiger partial charge in [-0.1, -0.05) is 51.4 Å². The lowest BCUT2D eigenvalue weighted by Gasteiger charge is -2.30. The van der Waals surface area contributed by atoms with Crippen LogP contribution in [0.15, 0.2) is 30.5 Å². The molecule has 55 heavy (non-hydrogen) atoms. The van der Waals surface area contributed by atoms with Gasteiger partial charge in [0.05, 0.1) is 39.9 Å². The Morgan fingerprint density at radius 3 is 2.47 bits per heavy atom. The van der Waals surface area contributed by atoms with Crippen molar-refractivity contribution in [3.63, 3.8) is 0 Å². The van der Waals surface area contributed by atoms with Crippen molar-refractivity contribution in [2.45, 2.75) is 54.0 Å². The average Bonchev–Trinajstić information content (AvgIpc) is 3.40. The number of fused-ring (bicyclic) bond motifs is 1. The predicted octanol–water partition coefficient (Wildman–Crippen LogP) is 7.79. The van der Waals surface area contributed by atoms with Crippen molar-refractivity contribution in [3.05, 3.63) is 58.2 Å². The maximum Gasteiger partial charge on any atom is 0.319 e. The molecule has 0 amide bonds. The van der Waals surface area contributed by atoms with E-state index >= 15 is 4.39 Å². The molecule has 0 spiro atoms. The first-order valence-corrected chi connectivity index (χ1v) is 19.4. The highest BCUT2D eigenvalue weighted by atomic mass is 35.5. The fourth-order valence-corrected chi connectivity index (χ4v) is 7.63. The van der Waals surface area contributed by atoms with Crippen LogP contribution in [0.5, 0.6) is 11.8 Å². The summed E-state index contributed by atoms with van der Waals surface area (Å²) in [5.74, 6) is -0.406. The minimum absolute atomic E-state index is 0.0272. The van der Waals surface area contributed by atoms with Crippen LogP contribution in [0.3, 0.4) is 0 Å². The standard InChI is InChI=1S/C34H35ClF2N8O2S.C2H6O.C2H6.CH5N/c1-5-11-44(4)15-17(2)16-47-34-42-28-25-29(46-13-12-45(33(25)43-34)18(3)19-7-6-10-41-31(19)39)26(35)24(27(28)37)20-8-9-22(36)30-23(20)21(14-38)32(40)48-30;1-2-3;2*1-2/h6-10,17-18H,5,11-13,15-16,40H2,1-4H3,(H2,39,41);3H,2H2,1H3;1-2H3;2H2,1H3/t17-,18+;;;/m0.../s1. The summed E-state index contributed by atoms with van der Waals surface area (Å²) in [6.45, 7) is 14.6. The van der Waals surface area contributed by atoms with Gasteiger partial charge in [0.2, 0.25) is 0 Å². The van der Waals surface area contributed by atoms with Crippen LogP contribution in [0.25, 0.3) is 32.1 Å². The maximum absolute atomic E-state index is 17.1. The first-order chi connectivity index (χ1) is 26.5. The summed E-state index contributed by atoms with van der Waals surface area (Å²) >= 11 is 7.94. The molecule has 0 bridgehead atoms. The van der Waals surface area contributed by atoms with Crippen molar-refractivity contribution in [1.82, 2.24) is 19.9 Å². The number of ether oxygens (including phenoxy) is 2. The van der Waals surface area contributed by atoms with Gasteiger partial charge in [-0.2, -0.15) is 15.2 Å². The zero-order valence-electron chi connectivity index (χ0n) is 32.7. The third-order valence-corrected chi connectivity index (χ3v) is 9.89. The topological polar surface area (TPSA) is 186 Å². The van der Waals surface area contributed by atoms with Crippen LogP contribution in [0, 0.1) is 28.9 Å². The summed E-state index contributed by atoms with van der Waals surface area (Å²) in [6.07, 6.45) is 2.64. The van der Waals surface area contributed by atoms with Crippen molar-refractivity contribution in [2.75, 3.05) is 69.9 Å². The number of thiophene rings is 1. The lowest BCUT2D eigenvalue weighted by atomic mass is 9.96. The van der Waals surface area contributed by atoms with Gasteiger partial charge in [-0.25, -0.2) is 13.8 Å². The second-order valence-corrected chi connectivity index (χ2v) is 13.8. The Kier molecular flexibility index (Phi) is 17.0. The van der Waals surface area contributed by atoms with Gasteiger partial charge in [-0.05, 0) is 58.6 Å². The van der Waals surface area contributed by atoms with Crippen LogP contribution in [-0.4, -0.2) is 78.5 Å². The number of aliphatic hydroxyl groups is 1. The Hall–Kier alpha value is -4.59. The highest BCUT2D eigenvalue weighted by molar-refractivity contribution is 7.23. The lowest BCUT2D eigenvalue weighted by Crippen LogP contribution is -2.31. The number of hydrogen-bond donors (Lipinski definition) is 4. The molecule has 0 saturated carbocycles. The van der Waals surface area contributed by atoms with E-state index in [0.29, 0.717) is 18.2 Å². The Balaban J connectivity index is 0.00000109. The summed E-state index contributed by atoms with van der Waals surface area (Å²) in [4.78, 5) is 17.8. The Labute approximate surface area is 330 Å². The van der Waals surface area contributed by atoms with Gasteiger partial charge in [0.25, 0.3) is 0 Å². The molecule has 12 nitrogen and oxygen atoms in total. The smallest absolute Gasteiger partial charge is 0.319 e. The highest BCUT2D eigenvalue weighted by Gasteiger charge is 2.33. The molecule has 0 unspecified atom stereocenters. The molecule has 0 radical (unpaired) electrons. The molecule has 2 atom stereocenters. The maximum atomic E-state index is 17.1. The SMILES string of the molecule is CC.CCCN(C)C[C@H](C)COc1nc2c3c(c(Cl)c(-c4ccc(F)c5sc(N)c(C#N)c45)c(F)c3n1)OCCN2[C@H](C)c1cccnc1N.CCO.CN. The number of benzene rings is 2. The molecule has 0 aliphatic carbocycles. The van der Waals surface area contributed by atoms with Gasteiger partial charge in [0.1, 0.15) is 40.6 Å². The van der Waals surface area contributed by atoms with Crippen molar-refractivity contribution < 1.29 is 23.4 Å². The lowest BCUT2D eigenvalue weighted by molar-refractivity contribution is 0.196. The van der Waals surface area contributed by atoms with Crippen molar-refractivity contribution in [3.8, 4) is 29.0 Å². The number of hydrogen-bond acceptors (Lipinski definition) is 13. The van der Waals surface area contributed by atoms with Gasteiger partial charge in [-0.15, -0.1) is 11.3 Å². The molecule has 6 rings (SSSR count). The summed E-state index contributed by atoms with van der Waals surface area (Å²) in [5, 5.41) is 18.0. The second kappa shape index (κ2) is 20.9. The average molecular weight is 800 g/mol. The molecule has 3 aromatic heterocycles. The Morgan fingerprint density at radius 2 is 1.84 bits per heavy atom. The van der Waals surface area contributed by atoms with E-state index in [9.17, 15) is 9.65 Å². The fraction of sp³-hybridized carbons (Fsp3) is 0.436. The number of halogens is 3. The molecule has 2 aromatic carbocycles. The van der Waals surface area contributed by atoms with E-state index in [2.05, 4.69) is 41.5 Å². The number of nitrogens with two attached hydrogens (primary N) is 3. The molecule has 7 N–H and O–H groups in total. The number of rotatable bonds is 10. The Morgan fingerprint density at radius 1 is 1.15 bits per heavy atom. The number of anilines is 3. The zero-order chi connectivity index (χ0) is 41.0. The van der Waals surface area contributed by atoms with Crippen LogP contribution in [0.2, 0.25) is 5.02 Å². The largest absolute Gasteiger partial charge is 0.489 e. The molecule has 0 fully saturated rings. The minimum atomic E-state index is -0.802. The number of nitrogen functional groups attached to an aromatic ring is 2. The number of pyridine rings is 1. The molecule has 1 aliphatic rings. The van der Waals surface area contributed by atoms with Crippen molar-refractivity contribution in [2.24, 2.45) is 11.7 Å². The molecule has 0 saturated heterocycles. The summed E-state index contributed by atoms with van der Waals surface area (Å²) < 4.78 is 44.6. The first-order valence-electron chi connectivity index (χ1n) is 18.2. The van der Waals surface area contributed by atoms with E-state index in [1.807, 2.05) is 37.8 Å². The quantitative estimate of drug-likeness (QED) is 0.108. The van der Waals surface area contributed by atoms with Crippen LogP contribution in [0.1, 0.15) is 65.1 Å². The summed E-state index contributed by atoms with van der Waals surface area (Å²) in [6, 6.07) is 7.91. The van der Waals surface area contributed by atoms with E-state index in [4.69, 9.17) is 42.6 Å². The monoisotopic (exact) mass is 799 g/mol. The van der Waals surface area contributed by atoms with Gasteiger partial charge in [0.15, 0.2) is 11.6 Å². The molecule has 5 aromatic rings. The Bertz CT molecular complexity index is 2100. The summed E-state index contributed by atoms with van der Waals surface area (Å²) in [5.41, 5.74) is 17.7. The fourth-order valence-electron chi connectivity index (χ4n) is 6.34. The third-order valence-electron chi connectivity index (χ3n) is 8.51. The van der Waals surface area contributed by atoms with E-state index in [-0.39, 0.29) is 91.2 Å². The molecular weight excluding hydrogens is 748 g/mol. The number of aliphatic hydroxyl groups excluding tert-OH is 1. The van der Waals surface area contributed by atoms with Gasteiger partial charge in [0, 0.05) is 41.8 Å². The van der Waals surface area contributed by atoms with Crippen LogP contribution >= 0.6 is 22.9 Å².